The van der Waals surface area contributed by atoms with E-state index in [9.17, 15) is 9.59 Å². The molecule has 166 valence electrons. The fraction of sp³-hybridized carbons (Fsp3) is 0.375. The smallest absolute Gasteiger partial charge is 0.277 e. The molecule has 2 aromatic heterocycles. The number of rotatable bonds is 5. The third-order valence-electron chi connectivity index (χ3n) is 6.42. The van der Waals surface area contributed by atoms with Gasteiger partial charge in [-0.2, -0.15) is 5.10 Å². The lowest BCUT2D eigenvalue weighted by Gasteiger charge is -2.43. The number of nitrogens with one attached hydrogen (secondary N) is 1. The third-order valence-corrected chi connectivity index (χ3v) is 7.14. The fourth-order valence-corrected chi connectivity index (χ4v) is 5.14. The minimum absolute atomic E-state index is 0.145. The first kappa shape index (κ1) is 20.9. The molecule has 1 fully saturated rings. The maximum atomic E-state index is 13.8. The van der Waals surface area contributed by atoms with Crippen LogP contribution in [0.15, 0.2) is 58.0 Å². The maximum absolute atomic E-state index is 13.8. The molecule has 0 radical (unpaired) electrons. The number of anilines is 1. The van der Waals surface area contributed by atoms with Crippen LogP contribution in [-0.2, 0) is 11.3 Å². The lowest BCUT2D eigenvalue weighted by Crippen LogP contribution is -2.65. The van der Waals surface area contributed by atoms with E-state index >= 15 is 0 Å². The maximum Gasteiger partial charge on any atom is 0.277 e. The van der Waals surface area contributed by atoms with E-state index in [0.717, 1.165) is 30.6 Å². The Morgan fingerprint density at radius 3 is 2.75 bits per heavy atom. The van der Waals surface area contributed by atoms with Gasteiger partial charge in [-0.25, -0.2) is 0 Å². The largest absolute Gasteiger partial charge is 0.463 e. The molecular formula is C24H26N4O3S. The number of carbonyl (C=O) groups excluding carboxylic acids is 2. The van der Waals surface area contributed by atoms with Crippen LogP contribution in [-0.4, -0.2) is 39.4 Å². The summed E-state index contributed by atoms with van der Waals surface area (Å²) in [5, 5.41) is 7.81. The van der Waals surface area contributed by atoms with Gasteiger partial charge in [0.25, 0.3) is 5.91 Å². The number of aromatic nitrogens is 2. The van der Waals surface area contributed by atoms with Crippen molar-refractivity contribution in [3.05, 3.63) is 54.4 Å². The summed E-state index contributed by atoms with van der Waals surface area (Å²) in [6, 6.07) is 13.3. The summed E-state index contributed by atoms with van der Waals surface area (Å²) in [5.74, 6) is 0.199. The minimum atomic E-state index is -1.11. The summed E-state index contributed by atoms with van der Waals surface area (Å²) in [5.41, 5.74) is 0.613. The lowest BCUT2D eigenvalue weighted by molar-refractivity contribution is -0.127. The van der Waals surface area contributed by atoms with Gasteiger partial charge in [0.15, 0.2) is 5.76 Å². The number of fused-ring (bicyclic) bond motifs is 1. The highest BCUT2D eigenvalue weighted by Crippen LogP contribution is 2.36. The van der Waals surface area contributed by atoms with Crippen molar-refractivity contribution in [3.63, 3.8) is 0 Å². The normalized spacial score (nSPS) is 21.1. The predicted molar refractivity (Wildman–Crippen MR) is 124 cm³/mol. The van der Waals surface area contributed by atoms with Crippen molar-refractivity contribution in [2.75, 3.05) is 11.2 Å². The Balaban J connectivity index is 1.59. The summed E-state index contributed by atoms with van der Waals surface area (Å²) in [6.45, 7) is 2.09. The number of benzene rings is 1. The zero-order valence-electron chi connectivity index (χ0n) is 18.2. The van der Waals surface area contributed by atoms with Crippen molar-refractivity contribution < 1.29 is 14.0 Å². The summed E-state index contributed by atoms with van der Waals surface area (Å²) >= 11 is 1.60. The molecule has 8 heteroatoms. The Labute approximate surface area is 191 Å². The van der Waals surface area contributed by atoms with Gasteiger partial charge in [-0.15, -0.1) is 11.8 Å². The van der Waals surface area contributed by atoms with Gasteiger partial charge in [0.1, 0.15) is 16.9 Å². The molecule has 1 N–H and O–H groups in total. The second-order valence-corrected chi connectivity index (χ2v) is 9.50. The zero-order valence-corrected chi connectivity index (χ0v) is 19.0. The average Bonchev–Trinajstić information content (AvgIpc) is 3.55. The number of nitrogens with zero attached hydrogens (tertiary/aromatic N) is 3. The molecule has 5 rings (SSSR count). The number of hydrogen-bond acceptors (Lipinski definition) is 5. The molecule has 2 amide bonds. The van der Waals surface area contributed by atoms with Crippen molar-refractivity contribution in [2.24, 2.45) is 0 Å². The Kier molecular flexibility index (Phi) is 5.33. The van der Waals surface area contributed by atoms with Crippen LogP contribution in [0.3, 0.4) is 0 Å². The topological polar surface area (TPSA) is 80.4 Å². The molecule has 32 heavy (non-hydrogen) atoms. The monoisotopic (exact) mass is 450 g/mol. The lowest BCUT2D eigenvalue weighted by atomic mass is 9.93. The standard InChI is InChI=1S/C24H26N4O3S/c1-24(23(30)25-16-7-3-4-8-16)15-27-20(14-19(26-27)21-11-6-12-31-21)22(29)28(24)17-9-5-10-18(13-17)32-2/h5-6,9-14,16H,3-4,7-8,15H2,1-2H3,(H,25,30). The van der Waals surface area contributed by atoms with E-state index < -0.39 is 5.54 Å². The summed E-state index contributed by atoms with van der Waals surface area (Å²) < 4.78 is 7.12. The van der Waals surface area contributed by atoms with E-state index in [-0.39, 0.29) is 24.4 Å². The van der Waals surface area contributed by atoms with Gasteiger partial charge in [0, 0.05) is 22.7 Å². The second-order valence-electron chi connectivity index (χ2n) is 8.62. The molecular weight excluding hydrogens is 424 g/mol. The molecule has 0 saturated heterocycles. The molecule has 3 aromatic rings. The SMILES string of the molecule is CSc1cccc(N2C(=O)c3cc(-c4ccco4)nn3CC2(C)C(=O)NC2CCCC2)c1. The number of hydrogen-bond donors (Lipinski definition) is 1. The van der Waals surface area contributed by atoms with Gasteiger partial charge in [-0.1, -0.05) is 18.9 Å². The Morgan fingerprint density at radius 1 is 1.22 bits per heavy atom. The Bertz CT molecular complexity index is 1150. The number of amides is 2. The minimum Gasteiger partial charge on any atom is -0.463 e. The van der Waals surface area contributed by atoms with Gasteiger partial charge < -0.3 is 9.73 Å². The van der Waals surface area contributed by atoms with Crippen molar-refractivity contribution in [1.29, 1.82) is 0 Å². The summed E-state index contributed by atoms with van der Waals surface area (Å²) in [7, 11) is 0. The second kappa shape index (κ2) is 8.16. The predicted octanol–water partition coefficient (Wildman–Crippen LogP) is 4.34. The van der Waals surface area contributed by atoms with Gasteiger partial charge in [-0.3, -0.25) is 19.2 Å². The molecule has 1 aromatic carbocycles. The summed E-state index contributed by atoms with van der Waals surface area (Å²) in [6.07, 6.45) is 7.77. The van der Waals surface area contributed by atoms with Gasteiger partial charge in [-0.05, 0) is 56.4 Å². The van der Waals surface area contributed by atoms with Gasteiger partial charge in [0.05, 0.1) is 12.8 Å². The third kappa shape index (κ3) is 3.52. The van der Waals surface area contributed by atoms with Gasteiger partial charge >= 0.3 is 0 Å². The first-order valence-electron chi connectivity index (χ1n) is 10.9. The average molecular weight is 451 g/mol. The molecule has 1 atom stereocenters. The van der Waals surface area contributed by atoms with Crippen LogP contribution in [0.5, 0.6) is 0 Å². The number of furan rings is 1. The Morgan fingerprint density at radius 2 is 2.03 bits per heavy atom. The highest BCUT2D eigenvalue weighted by atomic mass is 32.2. The van der Waals surface area contributed by atoms with Crippen LogP contribution >= 0.6 is 11.8 Å². The van der Waals surface area contributed by atoms with Crippen LogP contribution in [0.1, 0.15) is 43.1 Å². The molecule has 1 unspecified atom stereocenters. The van der Waals surface area contributed by atoms with E-state index in [0.29, 0.717) is 22.8 Å². The van der Waals surface area contributed by atoms with Crippen LogP contribution in [0.2, 0.25) is 0 Å². The van der Waals surface area contributed by atoms with E-state index in [1.165, 1.54) is 0 Å². The van der Waals surface area contributed by atoms with E-state index in [1.807, 2.05) is 43.5 Å². The number of carbonyl (C=O) groups is 2. The molecule has 1 aliphatic carbocycles. The molecule has 2 aliphatic rings. The van der Waals surface area contributed by atoms with E-state index in [4.69, 9.17) is 4.42 Å². The number of thioether (sulfide) groups is 1. The molecule has 1 aliphatic heterocycles. The highest BCUT2D eigenvalue weighted by Gasteiger charge is 2.49. The first-order valence-corrected chi connectivity index (χ1v) is 12.1. The highest BCUT2D eigenvalue weighted by molar-refractivity contribution is 7.98. The molecule has 7 nitrogen and oxygen atoms in total. The van der Waals surface area contributed by atoms with Crippen LogP contribution in [0.4, 0.5) is 5.69 Å². The fourth-order valence-electron chi connectivity index (χ4n) is 4.69. The van der Waals surface area contributed by atoms with Crippen LogP contribution in [0.25, 0.3) is 11.5 Å². The van der Waals surface area contributed by atoms with E-state index in [1.54, 1.807) is 39.7 Å². The van der Waals surface area contributed by atoms with Crippen molar-refractivity contribution in [3.8, 4) is 11.5 Å². The quantitative estimate of drug-likeness (QED) is 0.585. The molecule has 3 heterocycles. The van der Waals surface area contributed by atoms with Crippen LogP contribution < -0.4 is 10.2 Å². The molecule has 0 bridgehead atoms. The molecule has 0 spiro atoms. The van der Waals surface area contributed by atoms with Crippen molar-refractivity contribution in [1.82, 2.24) is 15.1 Å². The van der Waals surface area contributed by atoms with Gasteiger partial charge in [0.2, 0.25) is 5.91 Å². The zero-order chi connectivity index (χ0) is 22.3. The van der Waals surface area contributed by atoms with E-state index in [2.05, 4.69) is 10.4 Å². The first-order chi connectivity index (χ1) is 15.5. The van der Waals surface area contributed by atoms with Crippen LogP contribution in [0, 0.1) is 0 Å². The summed E-state index contributed by atoms with van der Waals surface area (Å²) in [4.78, 5) is 30.1. The van der Waals surface area contributed by atoms with Crippen molar-refractivity contribution in [2.45, 2.75) is 55.6 Å². The Hall–Kier alpha value is -3.00. The van der Waals surface area contributed by atoms with Crippen molar-refractivity contribution >= 4 is 29.3 Å². The molecule has 1 saturated carbocycles.